The normalized spacial score (nSPS) is 14.5. The Morgan fingerprint density at radius 3 is 2.72 bits per heavy atom. The van der Waals surface area contributed by atoms with Crippen molar-refractivity contribution in [1.82, 2.24) is 20.1 Å². The lowest BCUT2D eigenvalue weighted by atomic mass is 10.2. The number of aromatic nitrogens is 1. The third-order valence-electron chi connectivity index (χ3n) is 4.84. The number of nitrogens with one attached hydrogen (secondary N) is 1. The van der Waals surface area contributed by atoms with Crippen molar-refractivity contribution in [2.24, 2.45) is 0 Å². The van der Waals surface area contributed by atoms with Crippen molar-refractivity contribution in [2.45, 2.75) is 20.0 Å². The van der Waals surface area contributed by atoms with Crippen molar-refractivity contribution < 1.29 is 18.7 Å². The molecule has 8 heteroatoms. The lowest BCUT2D eigenvalue weighted by molar-refractivity contribution is 0.135. The molecule has 2 heterocycles. The van der Waals surface area contributed by atoms with Gasteiger partial charge in [-0.1, -0.05) is 12.1 Å². The fourth-order valence-electron chi connectivity index (χ4n) is 3.28. The van der Waals surface area contributed by atoms with E-state index < -0.39 is 0 Å². The number of amides is 2. The van der Waals surface area contributed by atoms with Crippen LogP contribution in [-0.2, 0) is 13.1 Å². The molecule has 1 saturated heterocycles. The summed E-state index contributed by atoms with van der Waals surface area (Å²) in [4.78, 5) is 20.7. The molecule has 1 fully saturated rings. The molecule has 0 saturated carbocycles. The molecule has 0 aliphatic carbocycles. The lowest BCUT2D eigenvalue weighted by Gasteiger charge is -2.34. The minimum Gasteiger partial charge on any atom is -0.494 e. The Hall–Kier alpha value is -2.87. The number of nitrogens with zero attached hydrogens (tertiary/aromatic N) is 3. The van der Waals surface area contributed by atoms with Crippen LogP contribution >= 0.6 is 0 Å². The van der Waals surface area contributed by atoms with Crippen LogP contribution in [-0.4, -0.2) is 60.7 Å². The molecule has 0 radical (unpaired) electrons. The molecule has 0 bridgehead atoms. The molecule has 2 amide bonds. The Morgan fingerprint density at radius 2 is 2.03 bits per heavy atom. The number of urea groups is 1. The van der Waals surface area contributed by atoms with Crippen LogP contribution in [0.25, 0.3) is 0 Å². The highest BCUT2D eigenvalue weighted by atomic mass is 19.1. The Morgan fingerprint density at radius 1 is 1.24 bits per heavy atom. The number of hydrogen-bond donors (Lipinski definition) is 1. The molecule has 2 aromatic rings. The molecule has 1 N–H and O–H groups in total. The van der Waals surface area contributed by atoms with Crippen LogP contribution < -0.4 is 14.8 Å². The van der Waals surface area contributed by atoms with E-state index >= 15 is 0 Å². The molecule has 3 rings (SSSR count). The maximum atomic E-state index is 13.9. The first-order valence-electron chi connectivity index (χ1n) is 9.75. The van der Waals surface area contributed by atoms with Crippen LogP contribution in [0.3, 0.4) is 0 Å². The van der Waals surface area contributed by atoms with Gasteiger partial charge in [-0.05, 0) is 30.7 Å². The smallest absolute Gasteiger partial charge is 0.317 e. The summed E-state index contributed by atoms with van der Waals surface area (Å²) < 4.78 is 24.3. The van der Waals surface area contributed by atoms with E-state index in [-0.39, 0.29) is 17.6 Å². The van der Waals surface area contributed by atoms with E-state index in [1.165, 1.54) is 13.2 Å². The van der Waals surface area contributed by atoms with Crippen LogP contribution in [0.4, 0.5) is 9.18 Å². The van der Waals surface area contributed by atoms with Gasteiger partial charge in [0.15, 0.2) is 11.6 Å². The molecule has 29 heavy (non-hydrogen) atoms. The number of carbonyl (C=O) groups is 1. The summed E-state index contributed by atoms with van der Waals surface area (Å²) >= 11 is 0. The topological polar surface area (TPSA) is 66.9 Å². The molecule has 1 aliphatic rings. The predicted molar refractivity (Wildman–Crippen MR) is 107 cm³/mol. The highest BCUT2D eigenvalue weighted by Gasteiger charge is 2.21. The van der Waals surface area contributed by atoms with Crippen molar-refractivity contribution in [3.8, 4) is 11.6 Å². The number of rotatable bonds is 7. The van der Waals surface area contributed by atoms with Gasteiger partial charge in [-0.15, -0.1) is 0 Å². The zero-order valence-electron chi connectivity index (χ0n) is 16.9. The number of hydrogen-bond acceptors (Lipinski definition) is 5. The number of methoxy groups -OCH3 is 1. The molecule has 0 spiro atoms. The molecule has 7 nitrogen and oxygen atoms in total. The van der Waals surface area contributed by atoms with E-state index in [0.29, 0.717) is 38.7 Å². The van der Waals surface area contributed by atoms with Crippen molar-refractivity contribution in [3.63, 3.8) is 0 Å². The first-order chi connectivity index (χ1) is 14.1. The zero-order valence-corrected chi connectivity index (χ0v) is 16.9. The summed E-state index contributed by atoms with van der Waals surface area (Å²) in [5.41, 5.74) is 1.74. The molecule has 1 aliphatic heterocycles. The molecule has 0 atom stereocenters. The van der Waals surface area contributed by atoms with Gasteiger partial charge >= 0.3 is 6.03 Å². The van der Waals surface area contributed by atoms with Crippen molar-refractivity contribution >= 4 is 6.03 Å². The second kappa shape index (κ2) is 10.1. The van der Waals surface area contributed by atoms with Gasteiger partial charge in [-0.25, -0.2) is 14.2 Å². The Kier molecular flexibility index (Phi) is 7.24. The number of pyridine rings is 1. The standard InChI is InChI=1S/C21H27FN4O3/c1-3-29-20-17(5-4-8-23-20)14-24-21(27)26-11-9-25(10-12-26)15-16-6-7-19(28-2)18(22)13-16/h4-8,13H,3,9-12,14-15H2,1-2H3,(H,24,27). The van der Waals surface area contributed by atoms with Gasteiger partial charge in [0.25, 0.3) is 0 Å². The molecule has 1 aromatic carbocycles. The Labute approximate surface area is 170 Å². The summed E-state index contributed by atoms with van der Waals surface area (Å²) in [6, 6.07) is 8.62. The summed E-state index contributed by atoms with van der Waals surface area (Å²) in [6.07, 6.45) is 1.67. The number of carbonyl (C=O) groups excluding carboxylic acids is 1. The average molecular weight is 402 g/mol. The van der Waals surface area contributed by atoms with Gasteiger partial charge in [0.1, 0.15) is 0 Å². The zero-order chi connectivity index (χ0) is 20.6. The van der Waals surface area contributed by atoms with Gasteiger partial charge in [0.05, 0.1) is 13.7 Å². The molecule has 1 aromatic heterocycles. The number of benzene rings is 1. The van der Waals surface area contributed by atoms with E-state index in [1.54, 1.807) is 17.2 Å². The third-order valence-corrected chi connectivity index (χ3v) is 4.84. The van der Waals surface area contributed by atoms with Crippen molar-refractivity contribution in [3.05, 3.63) is 53.5 Å². The largest absolute Gasteiger partial charge is 0.494 e. The number of piperazine rings is 1. The Bertz CT molecular complexity index is 825. The summed E-state index contributed by atoms with van der Waals surface area (Å²) in [7, 11) is 1.45. The van der Waals surface area contributed by atoms with Crippen LogP contribution in [0.2, 0.25) is 0 Å². The minimum absolute atomic E-state index is 0.105. The van der Waals surface area contributed by atoms with Gasteiger partial charge < -0.3 is 19.7 Å². The molecule has 0 unspecified atom stereocenters. The van der Waals surface area contributed by atoms with Crippen LogP contribution in [0.5, 0.6) is 11.6 Å². The summed E-state index contributed by atoms with van der Waals surface area (Å²) in [5.74, 6) is 0.438. The predicted octanol–water partition coefficient (Wildman–Crippen LogP) is 2.66. The summed E-state index contributed by atoms with van der Waals surface area (Å²) in [6.45, 7) is 6.15. The highest BCUT2D eigenvalue weighted by molar-refractivity contribution is 5.74. The van der Waals surface area contributed by atoms with Crippen molar-refractivity contribution in [1.29, 1.82) is 0 Å². The van der Waals surface area contributed by atoms with Crippen LogP contribution in [0.15, 0.2) is 36.5 Å². The second-order valence-electron chi connectivity index (χ2n) is 6.79. The van der Waals surface area contributed by atoms with Gasteiger partial charge in [-0.2, -0.15) is 0 Å². The lowest BCUT2D eigenvalue weighted by Crippen LogP contribution is -2.51. The Balaban J connectivity index is 1.46. The monoisotopic (exact) mass is 402 g/mol. The van der Waals surface area contributed by atoms with E-state index in [1.807, 2.05) is 25.1 Å². The number of ether oxygens (including phenoxy) is 2. The quantitative estimate of drug-likeness (QED) is 0.771. The second-order valence-corrected chi connectivity index (χ2v) is 6.79. The van der Waals surface area contributed by atoms with Crippen molar-refractivity contribution in [2.75, 3.05) is 39.9 Å². The fraction of sp³-hybridized carbons (Fsp3) is 0.429. The molecular weight excluding hydrogens is 375 g/mol. The first-order valence-corrected chi connectivity index (χ1v) is 9.75. The van der Waals surface area contributed by atoms with E-state index in [9.17, 15) is 9.18 Å². The third kappa shape index (κ3) is 5.57. The maximum Gasteiger partial charge on any atom is 0.317 e. The first kappa shape index (κ1) is 20.9. The average Bonchev–Trinajstić information content (AvgIpc) is 2.74. The molecule has 156 valence electrons. The van der Waals surface area contributed by atoms with E-state index in [2.05, 4.69) is 15.2 Å². The highest BCUT2D eigenvalue weighted by Crippen LogP contribution is 2.19. The number of halogens is 1. The minimum atomic E-state index is -0.357. The SMILES string of the molecule is CCOc1ncccc1CNC(=O)N1CCN(Cc2ccc(OC)c(F)c2)CC1. The van der Waals surface area contributed by atoms with Crippen LogP contribution in [0.1, 0.15) is 18.1 Å². The summed E-state index contributed by atoms with van der Waals surface area (Å²) in [5, 5.41) is 2.94. The fourth-order valence-corrected chi connectivity index (χ4v) is 3.28. The van der Waals surface area contributed by atoms with E-state index in [0.717, 1.165) is 24.2 Å². The van der Waals surface area contributed by atoms with Gasteiger partial charge in [-0.3, -0.25) is 4.90 Å². The van der Waals surface area contributed by atoms with Crippen LogP contribution in [0, 0.1) is 5.82 Å². The molecular formula is C21H27FN4O3. The van der Waals surface area contributed by atoms with Gasteiger partial charge in [0, 0.05) is 51.0 Å². The van der Waals surface area contributed by atoms with Gasteiger partial charge in [0.2, 0.25) is 5.88 Å². The van der Waals surface area contributed by atoms with E-state index in [4.69, 9.17) is 9.47 Å². The maximum absolute atomic E-state index is 13.9.